The van der Waals surface area contributed by atoms with Gasteiger partial charge in [-0.1, -0.05) is 6.92 Å². The maximum Gasteiger partial charge on any atom is 0.274 e. The summed E-state index contributed by atoms with van der Waals surface area (Å²) in [6.45, 7) is 2.79. The van der Waals surface area contributed by atoms with Crippen LogP contribution in [-0.4, -0.2) is 43.7 Å². The Morgan fingerprint density at radius 2 is 1.87 bits per heavy atom. The van der Waals surface area contributed by atoms with Gasteiger partial charge < -0.3 is 29.1 Å². The van der Waals surface area contributed by atoms with Crippen molar-refractivity contribution < 1.29 is 19.0 Å². The number of hydrogen-bond donors (Lipinski definition) is 2. The number of nitrogens with one attached hydrogen (secondary N) is 2. The molecule has 0 bridgehead atoms. The molecule has 1 aliphatic heterocycles. The summed E-state index contributed by atoms with van der Waals surface area (Å²) in [6, 6.07) is 9.79. The highest BCUT2D eigenvalue weighted by molar-refractivity contribution is 6.11. The number of anilines is 1. The molecule has 2 aromatic carbocycles. The van der Waals surface area contributed by atoms with Crippen molar-refractivity contribution in [2.24, 2.45) is 0 Å². The van der Waals surface area contributed by atoms with Crippen LogP contribution >= 0.6 is 0 Å². The summed E-state index contributed by atoms with van der Waals surface area (Å²) in [5, 5.41) is 1.99. The number of carbonyl (C=O) groups is 1. The third-order valence-corrected chi connectivity index (χ3v) is 5.89. The quantitative estimate of drug-likeness (QED) is 0.526. The van der Waals surface area contributed by atoms with Crippen molar-refractivity contribution in [1.82, 2.24) is 9.97 Å². The van der Waals surface area contributed by atoms with Gasteiger partial charge in [-0.15, -0.1) is 0 Å². The summed E-state index contributed by atoms with van der Waals surface area (Å²) < 4.78 is 16.5. The topological polar surface area (TPSA) is 79.6 Å². The standard InChI is InChI=1S/C23H23N3O4/c1-12-11-26(17-6-5-15-14(19(12)17)7-8-24-15)23(27)16-9-13-10-18(28-2)21(29-3)22(30-4)20(13)25-16/h5-10,12,24-25H,11H2,1-4H3. The Bertz CT molecular complexity index is 1290. The molecule has 2 N–H and O–H groups in total. The lowest BCUT2D eigenvalue weighted by Crippen LogP contribution is -2.29. The van der Waals surface area contributed by atoms with Gasteiger partial charge in [-0.25, -0.2) is 0 Å². The van der Waals surface area contributed by atoms with Gasteiger partial charge in [0.15, 0.2) is 11.5 Å². The zero-order valence-corrected chi connectivity index (χ0v) is 17.3. The molecule has 1 amide bonds. The Kier molecular flexibility index (Phi) is 4.13. The molecule has 1 atom stereocenters. The molecular weight excluding hydrogens is 382 g/mol. The van der Waals surface area contributed by atoms with E-state index in [0.29, 0.717) is 35.0 Å². The van der Waals surface area contributed by atoms with Crippen molar-refractivity contribution >= 4 is 33.4 Å². The zero-order valence-electron chi connectivity index (χ0n) is 17.3. The fraction of sp³-hybridized carbons (Fsp3) is 0.261. The monoisotopic (exact) mass is 405 g/mol. The second kappa shape index (κ2) is 6.73. The molecule has 7 heteroatoms. The summed E-state index contributed by atoms with van der Waals surface area (Å²) in [5.41, 5.74) is 4.45. The number of carbonyl (C=O) groups excluding carboxylic acids is 1. The molecule has 0 saturated carbocycles. The number of rotatable bonds is 4. The van der Waals surface area contributed by atoms with Gasteiger partial charge in [-0.2, -0.15) is 0 Å². The number of aromatic nitrogens is 2. The first-order chi connectivity index (χ1) is 14.6. The number of fused-ring (bicyclic) bond motifs is 4. The molecule has 1 unspecified atom stereocenters. The van der Waals surface area contributed by atoms with E-state index in [4.69, 9.17) is 14.2 Å². The van der Waals surface area contributed by atoms with Gasteiger partial charge in [0.1, 0.15) is 5.69 Å². The molecule has 5 rings (SSSR count). The Balaban J connectivity index is 1.61. The van der Waals surface area contributed by atoms with E-state index in [9.17, 15) is 4.79 Å². The summed E-state index contributed by atoms with van der Waals surface area (Å²) in [4.78, 5) is 21.8. The smallest absolute Gasteiger partial charge is 0.274 e. The zero-order chi connectivity index (χ0) is 21.0. The van der Waals surface area contributed by atoms with Crippen molar-refractivity contribution in [1.29, 1.82) is 0 Å². The van der Waals surface area contributed by atoms with E-state index in [0.717, 1.165) is 16.6 Å². The van der Waals surface area contributed by atoms with Gasteiger partial charge in [0.25, 0.3) is 5.91 Å². The molecule has 7 nitrogen and oxygen atoms in total. The van der Waals surface area contributed by atoms with E-state index < -0.39 is 0 Å². The number of ether oxygens (including phenoxy) is 3. The second-order valence-corrected chi connectivity index (χ2v) is 7.55. The minimum absolute atomic E-state index is 0.0772. The first-order valence-corrected chi connectivity index (χ1v) is 9.81. The maximum absolute atomic E-state index is 13.5. The minimum atomic E-state index is -0.0772. The number of amides is 1. The number of H-pyrrole nitrogens is 2. The third kappa shape index (κ3) is 2.48. The summed E-state index contributed by atoms with van der Waals surface area (Å²) in [5.74, 6) is 1.72. The highest BCUT2D eigenvalue weighted by Gasteiger charge is 2.33. The van der Waals surface area contributed by atoms with Crippen molar-refractivity contribution in [3.8, 4) is 17.2 Å². The number of benzene rings is 2. The van der Waals surface area contributed by atoms with Gasteiger partial charge in [0.2, 0.25) is 5.75 Å². The second-order valence-electron chi connectivity index (χ2n) is 7.55. The lowest BCUT2D eigenvalue weighted by molar-refractivity contribution is 0.0984. The van der Waals surface area contributed by atoms with Crippen LogP contribution in [0.4, 0.5) is 5.69 Å². The Morgan fingerprint density at radius 1 is 1.07 bits per heavy atom. The van der Waals surface area contributed by atoms with Crippen LogP contribution in [0.5, 0.6) is 17.2 Å². The predicted octanol–water partition coefficient (Wildman–Crippen LogP) is 4.44. The highest BCUT2D eigenvalue weighted by Crippen LogP contribution is 2.44. The lowest BCUT2D eigenvalue weighted by Gasteiger charge is -2.16. The number of hydrogen-bond acceptors (Lipinski definition) is 4. The number of methoxy groups -OCH3 is 3. The molecule has 1 aliphatic rings. The Labute approximate surface area is 173 Å². The van der Waals surface area contributed by atoms with E-state index in [1.54, 1.807) is 21.3 Å². The molecule has 0 aliphatic carbocycles. The average Bonchev–Trinajstić information content (AvgIpc) is 3.47. The molecule has 0 radical (unpaired) electrons. The molecule has 30 heavy (non-hydrogen) atoms. The van der Waals surface area contributed by atoms with Crippen LogP contribution in [0.15, 0.2) is 36.5 Å². The average molecular weight is 405 g/mol. The summed E-state index contributed by atoms with van der Waals surface area (Å²) >= 11 is 0. The molecular formula is C23H23N3O4. The number of aromatic amines is 2. The van der Waals surface area contributed by atoms with E-state index >= 15 is 0 Å². The lowest BCUT2D eigenvalue weighted by atomic mass is 10.00. The normalized spacial score (nSPS) is 15.6. The third-order valence-electron chi connectivity index (χ3n) is 5.89. The van der Waals surface area contributed by atoms with Gasteiger partial charge in [0, 0.05) is 40.6 Å². The van der Waals surface area contributed by atoms with E-state index in [-0.39, 0.29) is 11.8 Å². The van der Waals surface area contributed by atoms with E-state index in [2.05, 4.69) is 23.0 Å². The fourth-order valence-electron chi connectivity index (χ4n) is 4.56. The predicted molar refractivity (Wildman–Crippen MR) is 116 cm³/mol. The van der Waals surface area contributed by atoms with Gasteiger partial charge in [-0.3, -0.25) is 4.79 Å². The summed E-state index contributed by atoms with van der Waals surface area (Å²) in [7, 11) is 4.71. The van der Waals surface area contributed by atoms with Crippen LogP contribution in [0.1, 0.15) is 28.9 Å². The van der Waals surface area contributed by atoms with E-state index in [1.807, 2.05) is 35.4 Å². The van der Waals surface area contributed by atoms with Crippen LogP contribution in [-0.2, 0) is 0 Å². The Hall–Kier alpha value is -3.61. The van der Waals surface area contributed by atoms with Crippen LogP contribution in [0.3, 0.4) is 0 Å². The van der Waals surface area contributed by atoms with Crippen molar-refractivity contribution in [3.63, 3.8) is 0 Å². The van der Waals surface area contributed by atoms with Crippen LogP contribution in [0.25, 0.3) is 21.8 Å². The molecule has 4 aromatic rings. The van der Waals surface area contributed by atoms with Crippen molar-refractivity contribution in [2.45, 2.75) is 12.8 Å². The van der Waals surface area contributed by atoms with Crippen molar-refractivity contribution in [2.75, 3.05) is 32.8 Å². The number of nitrogens with zero attached hydrogens (tertiary/aromatic N) is 1. The minimum Gasteiger partial charge on any atom is -0.493 e. The first-order valence-electron chi connectivity index (χ1n) is 9.81. The first kappa shape index (κ1) is 18.4. The molecule has 0 fully saturated rings. The van der Waals surface area contributed by atoms with Crippen LogP contribution in [0, 0.1) is 0 Å². The van der Waals surface area contributed by atoms with Gasteiger partial charge in [0.05, 0.1) is 26.8 Å². The molecule has 154 valence electrons. The summed E-state index contributed by atoms with van der Waals surface area (Å²) in [6.07, 6.45) is 1.94. The maximum atomic E-state index is 13.5. The van der Waals surface area contributed by atoms with Crippen LogP contribution < -0.4 is 19.1 Å². The molecule has 2 aromatic heterocycles. The molecule has 0 saturated heterocycles. The fourth-order valence-corrected chi connectivity index (χ4v) is 4.56. The largest absolute Gasteiger partial charge is 0.493 e. The Morgan fingerprint density at radius 3 is 2.60 bits per heavy atom. The SMILES string of the molecule is COc1cc2cc(C(=O)N3CC(C)c4c3ccc3[nH]ccc43)[nH]c2c(OC)c1OC. The molecule has 3 heterocycles. The van der Waals surface area contributed by atoms with Gasteiger partial charge in [-0.05, 0) is 35.9 Å². The molecule has 0 spiro atoms. The highest BCUT2D eigenvalue weighted by atomic mass is 16.5. The van der Waals surface area contributed by atoms with Crippen molar-refractivity contribution in [3.05, 3.63) is 47.8 Å². The van der Waals surface area contributed by atoms with Gasteiger partial charge >= 0.3 is 0 Å². The van der Waals surface area contributed by atoms with E-state index in [1.165, 1.54) is 10.9 Å². The van der Waals surface area contributed by atoms with Crippen LogP contribution in [0.2, 0.25) is 0 Å².